The lowest BCUT2D eigenvalue weighted by Gasteiger charge is -2.21. The summed E-state index contributed by atoms with van der Waals surface area (Å²) in [6, 6.07) is 23.6. The SMILES string of the molecule is NC(N)=N[C@H]1C[C@@H](OCc2ccccc2)CN1C(=O)c1ccc2ccccc2c1. The van der Waals surface area contributed by atoms with E-state index < -0.39 is 6.17 Å². The Morgan fingerprint density at radius 3 is 2.48 bits per heavy atom. The first-order valence-corrected chi connectivity index (χ1v) is 9.64. The molecule has 2 atom stereocenters. The van der Waals surface area contributed by atoms with E-state index in [1.165, 1.54) is 0 Å². The maximum Gasteiger partial charge on any atom is 0.255 e. The maximum atomic E-state index is 13.2. The van der Waals surface area contributed by atoms with Gasteiger partial charge in [-0.25, -0.2) is 4.99 Å². The smallest absolute Gasteiger partial charge is 0.255 e. The zero-order chi connectivity index (χ0) is 20.2. The number of rotatable bonds is 5. The minimum Gasteiger partial charge on any atom is -0.372 e. The molecule has 0 saturated carbocycles. The average molecular weight is 388 g/mol. The Hall–Kier alpha value is -3.38. The number of guanidine groups is 1. The molecule has 6 nitrogen and oxygen atoms in total. The van der Waals surface area contributed by atoms with Crippen LogP contribution in [0.3, 0.4) is 0 Å². The van der Waals surface area contributed by atoms with Gasteiger partial charge in [-0.1, -0.05) is 60.7 Å². The van der Waals surface area contributed by atoms with Gasteiger partial charge in [0.2, 0.25) is 0 Å². The van der Waals surface area contributed by atoms with E-state index in [1.807, 2.05) is 72.8 Å². The summed E-state index contributed by atoms with van der Waals surface area (Å²) in [6.07, 6.45) is -0.00296. The Balaban J connectivity index is 1.52. The first kappa shape index (κ1) is 19.0. The summed E-state index contributed by atoms with van der Waals surface area (Å²) >= 11 is 0. The van der Waals surface area contributed by atoms with Gasteiger partial charge < -0.3 is 21.1 Å². The van der Waals surface area contributed by atoms with Gasteiger partial charge in [0.1, 0.15) is 6.17 Å². The molecule has 1 aliphatic heterocycles. The summed E-state index contributed by atoms with van der Waals surface area (Å²) in [5.41, 5.74) is 12.9. The number of ether oxygens (including phenoxy) is 1. The molecule has 3 aromatic carbocycles. The fraction of sp³-hybridized carbons (Fsp3) is 0.217. The standard InChI is InChI=1S/C23H24N4O2/c24-23(25)26-21-13-20(29-15-16-6-2-1-3-7-16)14-27(21)22(28)19-11-10-17-8-4-5-9-18(17)12-19/h1-12,20-21H,13-15H2,(H4,24,25,26)/t20-,21-/m1/s1. The normalized spacial score (nSPS) is 18.7. The maximum absolute atomic E-state index is 13.2. The number of nitrogens with zero attached hydrogens (tertiary/aromatic N) is 2. The predicted molar refractivity (Wildman–Crippen MR) is 114 cm³/mol. The second kappa shape index (κ2) is 8.32. The van der Waals surface area contributed by atoms with E-state index in [4.69, 9.17) is 16.2 Å². The van der Waals surface area contributed by atoms with Crippen LogP contribution >= 0.6 is 0 Å². The third kappa shape index (κ3) is 4.38. The zero-order valence-electron chi connectivity index (χ0n) is 16.1. The average Bonchev–Trinajstić information content (AvgIpc) is 3.14. The van der Waals surface area contributed by atoms with Crippen molar-refractivity contribution in [2.24, 2.45) is 16.5 Å². The van der Waals surface area contributed by atoms with E-state index >= 15 is 0 Å². The van der Waals surface area contributed by atoms with Crippen molar-refractivity contribution in [3.63, 3.8) is 0 Å². The summed E-state index contributed by atoms with van der Waals surface area (Å²) in [6.45, 7) is 0.929. The first-order valence-electron chi connectivity index (χ1n) is 9.64. The van der Waals surface area contributed by atoms with E-state index in [9.17, 15) is 4.79 Å². The first-order chi connectivity index (χ1) is 14.1. The van der Waals surface area contributed by atoms with Crippen LogP contribution in [0, 0.1) is 0 Å². The molecule has 0 radical (unpaired) electrons. The lowest BCUT2D eigenvalue weighted by atomic mass is 10.1. The van der Waals surface area contributed by atoms with E-state index in [1.54, 1.807) is 4.90 Å². The molecule has 0 spiro atoms. The summed E-state index contributed by atoms with van der Waals surface area (Å²) in [4.78, 5) is 19.2. The van der Waals surface area contributed by atoms with Crippen LogP contribution in [-0.2, 0) is 11.3 Å². The number of carbonyl (C=O) groups excluding carboxylic acids is 1. The molecule has 1 amide bonds. The Morgan fingerprint density at radius 2 is 1.72 bits per heavy atom. The van der Waals surface area contributed by atoms with Gasteiger partial charge in [-0.2, -0.15) is 0 Å². The number of fused-ring (bicyclic) bond motifs is 1. The van der Waals surface area contributed by atoms with Gasteiger partial charge in [0.15, 0.2) is 5.96 Å². The topological polar surface area (TPSA) is 93.9 Å². The van der Waals surface area contributed by atoms with Crippen molar-refractivity contribution in [2.45, 2.75) is 25.3 Å². The molecule has 0 unspecified atom stereocenters. The van der Waals surface area contributed by atoms with Crippen LogP contribution in [0.5, 0.6) is 0 Å². The number of amides is 1. The molecule has 6 heteroatoms. The molecule has 0 aliphatic carbocycles. The van der Waals surface area contributed by atoms with Crippen molar-refractivity contribution >= 4 is 22.6 Å². The summed E-state index contributed by atoms with van der Waals surface area (Å²) in [7, 11) is 0. The number of nitrogens with two attached hydrogens (primary N) is 2. The van der Waals surface area contributed by atoms with Crippen molar-refractivity contribution in [3.8, 4) is 0 Å². The van der Waals surface area contributed by atoms with Crippen LogP contribution in [-0.4, -0.2) is 35.6 Å². The number of hydrogen-bond acceptors (Lipinski definition) is 3. The molecule has 1 saturated heterocycles. The Labute approximate surface area is 169 Å². The van der Waals surface area contributed by atoms with Gasteiger partial charge in [-0.05, 0) is 28.5 Å². The van der Waals surface area contributed by atoms with Crippen LogP contribution < -0.4 is 11.5 Å². The van der Waals surface area contributed by atoms with Crippen molar-refractivity contribution in [2.75, 3.05) is 6.54 Å². The molecular formula is C23H24N4O2. The highest BCUT2D eigenvalue weighted by Gasteiger charge is 2.36. The molecule has 1 aliphatic rings. The Morgan fingerprint density at radius 1 is 1.00 bits per heavy atom. The fourth-order valence-electron chi connectivity index (χ4n) is 3.69. The highest BCUT2D eigenvalue weighted by atomic mass is 16.5. The number of carbonyl (C=O) groups is 1. The van der Waals surface area contributed by atoms with Gasteiger partial charge in [-0.15, -0.1) is 0 Å². The number of hydrogen-bond donors (Lipinski definition) is 2. The Kier molecular flexibility index (Phi) is 5.44. The van der Waals surface area contributed by atoms with Crippen molar-refractivity contribution in [1.82, 2.24) is 4.90 Å². The molecule has 148 valence electrons. The van der Waals surface area contributed by atoms with Crippen LogP contribution in [0.4, 0.5) is 0 Å². The van der Waals surface area contributed by atoms with Gasteiger partial charge >= 0.3 is 0 Å². The van der Waals surface area contributed by atoms with Gasteiger partial charge in [0, 0.05) is 18.5 Å². The lowest BCUT2D eigenvalue weighted by Crippen LogP contribution is -2.37. The molecule has 1 fully saturated rings. The molecule has 0 aromatic heterocycles. The molecule has 4 N–H and O–H groups in total. The largest absolute Gasteiger partial charge is 0.372 e. The van der Waals surface area contributed by atoms with Gasteiger partial charge in [-0.3, -0.25) is 4.79 Å². The monoisotopic (exact) mass is 388 g/mol. The fourth-order valence-corrected chi connectivity index (χ4v) is 3.69. The molecule has 29 heavy (non-hydrogen) atoms. The van der Waals surface area contributed by atoms with Crippen molar-refractivity contribution < 1.29 is 9.53 Å². The molecule has 1 heterocycles. The molecule has 0 bridgehead atoms. The van der Waals surface area contributed by atoms with E-state index in [0.717, 1.165) is 16.3 Å². The molecule has 3 aromatic rings. The lowest BCUT2D eigenvalue weighted by molar-refractivity contribution is 0.0437. The molecular weight excluding hydrogens is 364 g/mol. The number of aliphatic imine (C=N–C) groups is 1. The van der Waals surface area contributed by atoms with Gasteiger partial charge in [0.25, 0.3) is 5.91 Å². The van der Waals surface area contributed by atoms with E-state index in [-0.39, 0.29) is 18.0 Å². The van der Waals surface area contributed by atoms with Crippen LogP contribution in [0.1, 0.15) is 22.3 Å². The van der Waals surface area contributed by atoms with Crippen LogP contribution in [0.15, 0.2) is 77.8 Å². The summed E-state index contributed by atoms with van der Waals surface area (Å²) in [5.74, 6) is -0.133. The van der Waals surface area contributed by atoms with Crippen molar-refractivity contribution in [3.05, 3.63) is 83.9 Å². The third-order valence-corrected chi connectivity index (χ3v) is 5.12. The Bertz CT molecular complexity index is 1030. The minimum atomic E-state index is -0.431. The minimum absolute atomic E-state index is 0.0324. The second-order valence-electron chi connectivity index (χ2n) is 7.21. The highest BCUT2D eigenvalue weighted by molar-refractivity contribution is 5.99. The summed E-state index contributed by atoms with van der Waals surface area (Å²) < 4.78 is 6.04. The van der Waals surface area contributed by atoms with Crippen LogP contribution in [0.25, 0.3) is 10.8 Å². The zero-order valence-corrected chi connectivity index (χ0v) is 16.1. The highest BCUT2D eigenvalue weighted by Crippen LogP contribution is 2.26. The van der Waals surface area contributed by atoms with Crippen LogP contribution in [0.2, 0.25) is 0 Å². The van der Waals surface area contributed by atoms with E-state index in [0.29, 0.717) is 25.1 Å². The number of likely N-dealkylation sites (tertiary alicyclic amines) is 1. The summed E-state index contributed by atoms with van der Waals surface area (Å²) in [5, 5.41) is 2.11. The predicted octanol–water partition coefficient (Wildman–Crippen LogP) is 2.87. The second-order valence-corrected chi connectivity index (χ2v) is 7.21. The van der Waals surface area contributed by atoms with Crippen molar-refractivity contribution in [1.29, 1.82) is 0 Å². The third-order valence-electron chi connectivity index (χ3n) is 5.12. The molecule has 4 rings (SSSR count). The number of benzene rings is 3. The quantitative estimate of drug-likeness (QED) is 0.519. The van der Waals surface area contributed by atoms with E-state index in [2.05, 4.69) is 4.99 Å². The van der Waals surface area contributed by atoms with Gasteiger partial charge in [0.05, 0.1) is 12.7 Å².